The van der Waals surface area contributed by atoms with Gasteiger partial charge in [-0.2, -0.15) is 18.4 Å². The zero-order chi connectivity index (χ0) is 23.5. The average molecular weight is 469 g/mol. The summed E-state index contributed by atoms with van der Waals surface area (Å²) in [5.74, 6) is -4.36. The van der Waals surface area contributed by atoms with Crippen LogP contribution >= 0.6 is 11.3 Å². The molecule has 1 aliphatic carbocycles. The standard InChI is InChI=1S/C21H19F4N3O3S/c1-2-31-19(30)20(21(23,24)25,27-17(29)13-8-3-5-9-15(13)22)28-18-14(11-26)12-7-4-6-10-16(12)32-18/h3,5,8-9,28H,2,4,6-7,10H2,1H3,(H,27,29)/t20-/m1/s1. The van der Waals surface area contributed by atoms with Crippen molar-refractivity contribution in [1.29, 1.82) is 5.26 Å². The summed E-state index contributed by atoms with van der Waals surface area (Å²) in [6, 6.07) is 6.33. The highest BCUT2D eigenvalue weighted by atomic mass is 32.1. The molecule has 1 aromatic heterocycles. The minimum atomic E-state index is -5.39. The van der Waals surface area contributed by atoms with Gasteiger partial charge in [-0.15, -0.1) is 11.3 Å². The summed E-state index contributed by atoms with van der Waals surface area (Å²) < 4.78 is 61.8. The van der Waals surface area contributed by atoms with Gasteiger partial charge in [0.05, 0.1) is 17.7 Å². The summed E-state index contributed by atoms with van der Waals surface area (Å²) in [7, 11) is 0. The fourth-order valence-corrected chi connectivity index (χ4v) is 4.75. The number of halogens is 4. The van der Waals surface area contributed by atoms with Crippen molar-refractivity contribution in [3.8, 4) is 6.07 Å². The number of alkyl halides is 3. The highest BCUT2D eigenvalue weighted by Gasteiger charge is 2.64. The van der Waals surface area contributed by atoms with E-state index in [0.717, 1.165) is 41.2 Å². The molecular formula is C21H19F4N3O3S. The molecule has 0 spiro atoms. The number of rotatable bonds is 6. The van der Waals surface area contributed by atoms with Crippen molar-refractivity contribution >= 4 is 28.2 Å². The van der Waals surface area contributed by atoms with Crippen LogP contribution in [0.4, 0.5) is 22.6 Å². The van der Waals surface area contributed by atoms with Gasteiger partial charge in [0, 0.05) is 4.88 Å². The molecule has 1 aromatic carbocycles. The minimum Gasteiger partial charge on any atom is -0.463 e. The summed E-state index contributed by atoms with van der Waals surface area (Å²) >= 11 is 0.924. The van der Waals surface area contributed by atoms with Gasteiger partial charge in [-0.1, -0.05) is 12.1 Å². The van der Waals surface area contributed by atoms with E-state index in [1.54, 1.807) is 5.32 Å². The predicted octanol–water partition coefficient (Wildman–Crippen LogP) is 4.30. The molecule has 0 unspecified atom stereocenters. The Bertz CT molecular complexity index is 1080. The maximum atomic E-state index is 14.4. The monoisotopic (exact) mass is 469 g/mol. The van der Waals surface area contributed by atoms with Gasteiger partial charge in [0.25, 0.3) is 5.91 Å². The van der Waals surface area contributed by atoms with E-state index < -0.39 is 41.7 Å². The molecule has 6 nitrogen and oxygen atoms in total. The number of nitrogens with zero attached hydrogens (tertiary/aromatic N) is 1. The molecule has 1 heterocycles. The number of aryl methyl sites for hydroxylation is 1. The number of esters is 1. The number of carbonyl (C=O) groups is 2. The van der Waals surface area contributed by atoms with E-state index in [0.29, 0.717) is 18.4 Å². The molecule has 1 aliphatic rings. The summed E-state index contributed by atoms with van der Waals surface area (Å²) in [5, 5.41) is 13.0. The molecule has 0 aliphatic heterocycles. The number of fused-ring (bicyclic) bond motifs is 1. The molecule has 170 valence electrons. The number of anilines is 1. The van der Waals surface area contributed by atoms with E-state index in [9.17, 15) is 32.4 Å². The zero-order valence-electron chi connectivity index (χ0n) is 16.9. The second kappa shape index (κ2) is 9.16. The van der Waals surface area contributed by atoms with E-state index >= 15 is 0 Å². The van der Waals surface area contributed by atoms with Crippen molar-refractivity contribution in [1.82, 2.24) is 5.32 Å². The highest BCUT2D eigenvalue weighted by Crippen LogP contribution is 2.41. The quantitative estimate of drug-likeness (QED) is 0.374. The number of amides is 1. The number of benzene rings is 1. The molecule has 0 fully saturated rings. The van der Waals surface area contributed by atoms with Crippen molar-refractivity contribution in [3.05, 3.63) is 51.7 Å². The van der Waals surface area contributed by atoms with E-state index in [-0.39, 0.29) is 10.6 Å². The molecule has 1 atom stereocenters. The number of carbonyl (C=O) groups excluding carboxylic acids is 2. The number of hydrogen-bond acceptors (Lipinski definition) is 6. The zero-order valence-corrected chi connectivity index (χ0v) is 17.8. The second-order valence-corrected chi connectivity index (χ2v) is 8.16. The second-order valence-electron chi connectivity index (χ2n) is 7.05. The lowest BCUT2D eigenvalue weighted by atomic mass is 9.96. The number of thiophene rings is 1. The van der Waals surface area contributed by atoms with E-state index in [2.05, 4.69) is 10.1 Å². The van der Waals surface area contributed by atoms with Crippen LogP contribution in [-0.4, -0.2) is 30.3 Å². The molecular weight excluding hydrogens is 450 g/mol. The van der Waals surface area contributed by atoms with Crippen LogP contribution in [0.5, 0.6) is 0 Å². The van der Waals surface area contributed by atoms with Gasteiger partial charge in [0.2, 0.25) is 0 Å². The van der Waals surface area contributed by atoms with Gasteiger partial charge in [0.15, 0.2) is 0 Å². The first-order valence-electron chi connectivity index (χ1n) is 9.78. The van der Waals surface area contributed by atoms with E-state index in [1.165, 1.54) is 19.1 Å². The molecule has 1 amide bonds. The highest BCUT2D eigenvalue weighted by molar-refractivity contribution is 7.16. The van der Waals surface area contributed by atoms with Crippen LogP contribution < -0.4 is 10.6 Å². The third-order valence-corrected chi connectivity index (χ3v) is 6.22. The Balaban J connectivity index is 2.11. The Morgan fingerprint density at radius 1 is 1.22 bits per heavy atom. The molecule has 0 bridgehead atoms. The van der Waals surface area contributed by atoms with Crippen molar-refractivity contribution in [2.75, 3.05) is 11.9 Å². The summed E-state index contributed by atoms with van der Waals surface area (Å²) in [4.78, 5) is 26.0. The molecule has 0 saturated carbocycles. The minimum absolute atomic E-state index is 0.0113. The fraction of sp³-hybridized carbons (Fsp3) is 0.381. The average Bonchev–Trinajstić information content (AvgIpc) is 3.09. The van der Waals surface area contributed by atoms with Crippen LogP contribution in [-0.2, 0) is 22.4 Å². The molecule has 2 aromatic rings. The third-order valence-electron chi connectivity index (χ3n) is 5.01. The summed E-state index contributed by atoms with van der Waals surface area (Å²) in [5.41, 5.74) is -3.80. The third kappa shape index (κ3) is 4.27. The first-order chi connectivity index (χ1) is 15.1. The first kappa shape index (κ1) is 23.5. The largest absolute Gasteiger partial charge is 0.463 e. The smallest absolute Gasteiger partial charge is 0.441 e. The molecule has 0 radical (unpaired) electrons. The van der Waals surface area contributed by atoms with Gasteiger partial charge < -0.3 is 15.4 Å². The lowest BCUT2D eigenvalue weighted by molar-refractivity contribution is -0.204. The predicted molar refractivity (Wildman–Crippen MR) is 109 cm³/mol. The lowest BCUT2D eigenvalue weighted by Gasteiger charge is -2.35. The SMILES string of the molecule is CCOC(=O)[C@@](NC(=O)c1ccccc1F)(Nc1sc2c(c1C#N)CCCC2)C(F)(F)F. The Kier molecular flexibility index (Phi) is 6.74. The Hall–Kier alpha value is -3.13. The fourth-order valence-electron chi connectivity index (χ4n) is 3.46. The van der Waals surface area contributed by atoms with Gasteiger partial charge in [0.1, 0.15) is 16.9 Å². The summed E-state index contributed by atoms with van der Waals surface area (Å²) in [6.45, 7) is 0.905. The van der Waals surface area contributed by atoms with E-state index in [4.69, 9.17) is 0 Å². The van der Waals surface area contributed by atoms with Gasteiger partial charge >= 0.3 is 17.8 Å². The Morgan fingerprint density at radius 3 is 2.53 bits per heavy atom. The molecule has 2 N–H and O–H groups in total. The van der Waals surface area contributed by atoms with Crippen molar-refractivity contribution in [2.24, 2.45) is 0 Å². The normalized spacial score (nSPS) is 15.1. The number of hydrogen-bond donors (Lipinski definition) is 2. The molecule has 3 rings (SSSR count). The van der Waals surface area contributed by atoms with Crippen LogP contribution in [0.1, 0.15) is 46.1 Å². The van der Waals surface area contributed by atoms with Crippen molar-refractivity contribution < 1.29 is 31.9 Å². The topological polar surface area (TPSA) is 91.2 Å². The molecule has 32 heavy (non-hydrogen) atoms. The van der Waals surface area contributed by atoms with Gasteiger partial charge in [-0.05, 0) is 50.3 Å². The summed E-state index contributed by atoms with van der Waals surface area (Å²) in [6.07, 6.45) is -2.67. The van der Waals surface area contributed by atoms with Gasteiger partial charge in [-0.3, -0.25) is 4.79 Å². The maximum absolute atomic E-state index is 14.4. The number of nitriles is 1. The van der Waals surface area contributed by atoms with E-state index in [1.807, 2.05) is 6.07 Å². The maximum Gasteiger partial charge on any atom is 0.441 e. The Morgan fingerprint density at radius 2 is 1.91 bits per heavy atom. The van der Waals surface area contributed by atoms with Crippen LogP contribution in [0.25, 0.3) is 0 Å². The Labute approximate surface area is 185 Å². The number of nitrogens with one attached hydrogen (secondary N) is 2. The van der Waals surface area contributed by atoms with Crippen LogP contribution in [0.2, 0.25) is 0 Å². The first-order valence-corrected chi connectivity index (χ1v) is 10.6. The van der Waals surface area contributed by atoms with Crippen LogP contribution in [0.3, 0.4) is 0 Å². The van der Waals surface area contributed by atoms with Crippen LogP contribution in [0.15, 0.2) is 24.3 Å². The van der Waals surface area contributed by atoms with Crippen molar-refractivity contribution in [3.63, 3.8) is 0 Å². The van der Waals surface area contributed by atoms with Crippen molar-refractivity contribution in [2.45, 2.75) is 44.4 Å². The van der Waals surface area contributed by atoms with Crippen LogP contribution in [0, 0.1) is 17.1 Å². The van der Waals surface area contributed by atoms with Gasteiger partial charge in [-0.25, -0.2) is 9.18 Å². The molecule has 0 saturated heterocycles. The lowest BCUT2D eigenvalue weighted by Crippen LogP contribution is -2.69. The molecule has 11 heteroatoms. The number of ether oxygens (including phenoxy) is 1.